The number of hydrogen-bond acceptors (Lipinski definition) is 5. The fourth-order valence-corrected chi connectivity index (χ4v) is 2.69. The Kier molecular flexibility index (Phi) is 6.42. The fourth-order valence-electron chi connectivity index (χ4n) is 2.69. The number of nitrogens with zero attached hydrogens (tertiary/aromatic N) is 5. The standard InChI is InChI=1S/C18H13F2N5.C2HF3O2/c1-11-15(19)5-4-14(18(11)20)12-7-17-16(21-8-12)9-23-25(17)10-13-3-2-6-22-24-13;3-2(4,5)1(6)7/h2-9H,10H2,1H3;(H,6,7). The van der Waals surface area contributed by atoms with Crippen LogP contribution in [0.25, 0.3) is 22.2 Å². The summed E-state index contributed by atoms with van der Waals surface area (Å²) in [5, 5.41) is 19.3. The molecule has 0 aliphatic rings. The Morgan fingerprint density at radius 3 is 2.50 bits per heavy atom. The van der Waals surface area contributed by atoms with E-state index < -0.39 is 23.8 Å². The fraction of sp³-hybridized carbons (Fsp3) is 0.150. The number of aromatic nitrogens is 5. The Morgan fingerprint density at radius 1 is 1.16 bits per heavy atom. The summed E-state index contributed by atoms with van der Waals surface area (Å²) in [6, 6.07) is 8.12. The molecule has 0 aliphatic carbocycles. The molecule has 0 spiro atoms. The third kappa shape index (κ3) is 5.02. The number of hydrogen-bond donors (Lipinski definition) is 1. The number of carboxylic acids is 1. The molecule has 0 unspecified atom stereocenters. The summed E-state index contributed by atoms with van der Waals surface area (Å²) in [4.78, 5) is 13.2. The maximum atomic E-state index is 14.4. The number of halogens is 5. The van der Waals surface area contributed by atoms with Crippen molar-refractivity contribution in [3.8, 4) is 11.1 Å². The molecule has 12 heteroatoms. The van der Waals surface area contributed by atoms with Gasteiger partial charge in [0, 0.05) is 29.1 Å². The van der Waals surface area contributed by atoms with Gasteiger partial charge in [-0.05, 0) is 37.3 Å². The normalized spacial score (nSPS) is 11.2. The van der Waals surface area contributed by atoms with Crippen LogP contribution in [0.5, 0.6) is 0 Å². The first kappa shape index (κ1) is 22.7. The summed E-state index contributed by atoms with van der Waals surface area (Å²) in [6.45, 7) is 1.84. The van der Waals surface area contributed by atoms with Gasteiger partial charge in [0.1, 0.15) is 17.2 Å². The largest absolute Gasteiger partial charge is 0.490 e. The van der Waals surface area contributed by atoms with Gasteiger partial charge in [-0.2, -0.15) is 28.5 Å². The summed E-state index contributed by atoms with van der Waals surface area (Å²) in [7, 11) is 0. The van der Waals surface area contributed by atoms with E-state index in [1.165, 1.54) is 19.1 Å². The zero-order valence-corrected chi connectivity index (χ0v) is 16.3. The van der Waals surface area contributed by atoms with Crippen LogP contribution in [0.2, 0.25) is 0 Å². The number of benzene rings is 1. The quantitative estimate of drug-likeness (QED) is 0.471. The lowest BCUT2D eigenvalue weighted by Crippen LogP contribution is -2.21. The molecule has 0 atom stereocenters. The summed E-state index contributed by atoms with van der Waals surface area (Å²) >= 11 is 0. The Balaban J connectivity index is 0.000000360. The molecule has 0 amide bonds. The van der Waals surface area contributed by atoms with Gasteiger partial charge in [0.15, 0.2) is 0 Å². The van der Waals surface area contributed by atoms with E-state index in [1.807, 2.05) is 6.07 Å². The zero-order chi connectivity index (χ0) is 23.5. The highest BCUT2D eigenvalue weighted by Crippen LogP contribution is 2.28. The van der Waals surface area contributed by atoms with Crippen molar-refractivity contribution in [3.63, 3.8) is 0 Å². The van der Waals surface area contributed by atoms with Gasteiger partial charge >= 0.3 is 12.1 Å². The molecule has 0 saturated heterocycles. The average molecular weight is 451 g/mol. The van der Waals surface area contributed by atoms with Crippen LogP contribution in [-0.4, -0.2) is 42.2 Å². The number of pyridine rings is 1. The third-order valence-corrected chi connectivity index (χ3v) is 4.31. The summed E-state index contributed by atoms with van der Waals surface area (Å²) in [5.41, 5.74) is 3.04. The Hall–Kier alpha value is -3.96. The Labute approximate surface area is 177 Å². The molecule has 0 bridgehead atoms. The monoisotopic (exact) mass is 451 g/mol. The highest BCUT2D eigenvalue weighted by molar-refractivity contribution is 5.80. The molecule has 4 aromatic rings. The molecule has 3 aromatic heterocycles. The van der Waals surface area contributed by atoms with Gasteiger partial charge in [0.05, 0.1) is 24.0 Å². The van der Waals surface area contributed by atoms with E-state index >= 15 is 0 Å². The van der Waals surface area contributed by atoms with Gasteiger partial charge in [-0.3, -0.25) is 9.67 Å². The average Bonchev–Trinajstić information content (AvgIpc) is 3.15. The second-order valence-electron chi connectivity index (χ2n) is 6.48. The Bertz CT molecular complexity index is 1260. The molecule has 1 N–H and O–H groups in total. The minimum atomic E-state index is -5.08. The summed E-state index contributed by atoms with van der Waals surface area (Å²) < 4.78 is 61.4. The van der Waals surface area contributed by atoms with Crippen molar-refractivity contribution < 1.29 is 31.9 Å². The maximum absolute atomic E-state index is 14.4. The molecule has 7 nitrogen and oxygen atoms in total. The molecular formula is C20H14F5N5O2. The van der Waals surface area contributed by atoms with Crippen molar-refractivity contribution in [1.82, 2.24) is 25.0 Å². The maximum Gasteiger partial charge on any atom is 0.490 e. The van der Waals surface area contributed by atoms with Gasteiger partial charge in [-0.15, -0.1) is 0 Å². The van der Waals surface area contributed by atoms with E-state index in [4.69, 9.17) is 9.90 Å². The molecule has 0 aliphatic heterocycles. The lowest BCUT2D eigenvalue weighted by atomic mass is 10.0. The predicted octanol–water partition coefficient (Wildman–Crippen LogP) is 4.16. The van der Waals surface area contributed by atoms with E-state index in [0.29, 0.717) is 23.2 Å². The molecule has 0 saturated carbocycles. The smallest absolute Gasteiger partial charge is 0.475 e. The molecule has 166 valence electrons. The molecule has 1 aromatic carbocycles. The van der Waals surface area contributed by atoms with Crippen molar-refractivity contribution in [2.75, 3.05) is 0 Å². The Morgan fingerprint density at radius 2 is 1.88 bits per heavy atom. The van der Waals surface area contributed by atoms with Gasteiger partial charge in [0.25, 0.3) is 0 Å². The van der Waals surface area contributed by atoms with Crippen molar-refractivity contribution in [1.29, 1.82) is 0 Å². The van der Waals surface area contributed by atoms with Crippen LogP contribution >= 0.6 is 0 Å². The van der Waals surface area contributed by atoms with Crippen molar-refractivity contribution >= 4 is 17.0 Å². The van der Waals surface area contributed by atoms with Crippen LogP contribution < -0.4 is 0 Å². The van der Waals surface area contributed by atoms with E-state index in [9.17, 15) is 22.0 Å². The minimum Gasteiger partial charge on any atom is -0.475 e. The van der Waals surface area contributed by atoms with Crippen molar-refractivity contribution in [2.45, 2.75) is 19.6 Å². The van der Waals surface area contributed by atoms with E-state index in [-0.39, 0.29) is 5.56 Å². The molecule has 0 fully saturated rings. The zero-order valence-electron chi connectivity index (χ0n) is 16.3. The van der Waals surface area contributed by atoms with Crippen molar-refractivity contribution in [2.24, 2.45) is 0 Å². The van der Waals surface area contributed by atoms with Gasteiger partial charge < -0.3 is 5.11 Å². The molecule has 4 rings (SSSR count). The lowest BCUT2D eigenvalue weighted by molar-refractivity contribution is -0.192. The first-order chi connectivity index (χ1) is 15.1. The molecular weight excluding hydrogens is 437 g/mol. The third-order valence-electron chi connectivity index (χ3n) is 4.31. The first-order valence-electron chi connectivity index (χ1n) is 8.91. The van der Waals surface area contributed by atoms with Crippen LogP contribution in [0.3, 0.4) is 0 Å². The van der Waals surface area contributed by atoms with Gasteiger partial charge in [-0.1, -0.05) is 0 Å². The van der Waals surface area contributed by atoms with E-state index in [2.05, 4.69) is 20.3 Å². The number of alkyl halides is 3. The van der Waals surface area contributed by atoms with Crippen LogP contribution in [-0.2, 0) is 11.3 Å². The van der Waals surface area contributed by atoms with E-state index in [1.54, 1.807) is 35.4 Å². The number of carbonyl (C=O) groups is 1. The highest BCUT2D eigenvalue weighted by Gasteiger charge is 2.38. The van der Waals surface area contributed by atoms with Crippen molar-refractivity contribution in [3.05, 3.63) is 71.8 Å². The second kappa shape index (κ2) is 9.04. The summed E-state index contributed by atoms with van der Waals surface area (Å²) in [5.74, 6) is -3.91. The van der Waals surface area contributed by atoms with Crippen LogP contribution in [0.4, 0.5) is 22.0 Å². The number of carboxylic acid groups (broad SMARTS) is 1. The number of rotatable bonds is 3. The van der Waals surface area contributed by atoms with E-state index in [0.717, 1.165) is 11.2 Å². The topological polar surface area (TPSA) is 93.8 Å². The number of fused-ring (bicyclic) bond motifs is 1. The lowest BCUT2D eigenvalue weighted by Gasteiger charge is -2.08. The van der Waals surface area contributed by atoms with Crippen LogP contribution in [0, 0.1) is 18.6 Å². The summed E-state index contributed by atoms with van der Waals surface area (Å²) in [6.07, 6.45) is -0.280. The SMILES string of the molecule is Cc1c(F)ccc(-c2cnc3cnn(Cc4cccnn4)c3c2)c1F.O=C(O)C(F)(F)F. The minimum absolute atomic E-state index is 0.00864. The van der Waals surface area contributed by atoms with Gasteiger partial charge in [-0.25, -0.2) is 13.6 Å². The first-order valence-corrected chi connectivity index (χ1v) is 8.91. The molecule has 3 heterocycles. The van der Waals surface area contributed by atoms with Crippen LogP contribution in [0.1, 0.15) is 11.3 Å². The highest BCUT2D eigenvalue weighted by atomic mass is 19.4. The van der Waals surface area contributed by atoms with Crippen LogP contribution in [0.15, 0.2) is 48.9 Å². The van der Waals surface area contributed by atoms with Gasteiger partial charge in [0.2, 0.25) is 0 Å². The molecule has 0 radical (unpaired) electrons. The second-order valence-corrected chi connectivity index (χ2v) is 6.48. The predicted molar refractivity (Wildman–Crippen MR) is 102 cm³/mol. The molecule has 32 heavy (non-hydrogen) atoms. The number of aliphatic carboxylic acids is 1.